The van der Waals surface area contributed by atoms with E-state index in [0.29, 0.717) is 5.92 Å². The summed E-state index contributed by atoms with van der Waals surface area (Å²) in [5.74, 6) is 0.767. The lowest BCUT2D eigenvalue weighted by Gasteiger charge is -2.06. The molecule has 0 unspecified atom stereocenters. The fourth-order valence-electron chi connectivity index (χ4n) is 2.10. The molecular formula is C15H20N2O. The summed E-state index contributed by atoms with van der Waals surface area (Å²) in [5.41, 5.74) is 4.12. The molecule has 0 radical (unpaired) electrons. The number of hydrogen-bond acceptors (Lipinski definition) is 2. The maximum absolute atomic E-state index is 10.1. The van der Waals surface area contributed by atoms with Crippen molar-refractivity contribution in [3.63, 3.8) is 0 Å². The number of aromatic hydroxyl groups is 1. The molecule has 0 fully saturated rings. The molecule has 0 amide bonds. The van der Waals surface area contributed by atoms with Gasteiger partial charge in [-0.15, -0.1) is 0 Å². The van der Waals surface area contributed by atoms with Crippen LogP contribution in [-0.2, 0) is 13.5 Å². The van der Waals surface area contributed by atoms with Crippen LogP contribution in [0.3, 0.4) is 0 Å². The van der Waals surface area contributed by atoms with Gasteiger partial charge in [0.2, 0.25) is 5.88 Å². The normalized spacial score (nSPS) is 11.2. The second kappa shape index (κ2) is 4.84. The Bertz CT molecular complexity index is 538. The molecule has 1 aromatic heterocycles. The molecule has 0 saturated carbocycles. The van der Waals surface area contributed by atoms with Gasteiger partial charge in [0.15, 0.2) is 0 Å². The lowest BCUT2D eigenvalue weighted by atomic mass is 9.99. The highest BCUT2D eigenvalue weighted by Gasteiger charge is 2.17. The van der Waals surface area contributed by atoms with E-state index in [4.69, 9.17) is 0 Å². The Balaban J connectivity index is 2.49. The minimum atomic E-state index is 0.277. The average Bonchev–Trinajstić information content (AvgIpc) is 2.58. The van der Waals surface area contributed by atoms with Crippen molar-refractivity contribution < 1.29 is 5.11 Å². The number of hydrogen-bond donors (Lipinski definition) is 1. The quantitative estimate of drug-likeness (QED) is 0.899. The summed E-state index contributed by atoms with van der Waals surface area (Å²) < 4.78 is 1.55. The molecule has 18 heavy (non-hydrogen) atoms. The predicted octanol–water partition coefficient (Wildman–Crippen LogP) is 3.30. The first kappa shape index (κ1) is 12.7. The summed E-state index contributed by atoms with van der Waals surface area (Å²) >= 11 is 0. The average molecular weight is 244 g/mol. The maximum Gasteiger partial charge on any atom is 0.212 e. The van der Waals surface area contributed by atoms with Crippen LogP contribution in [0.1, 0.15) is 25.0 Å². The molecule has 1 N–H and O–H groups in total. The van der Waals surface area contributed by atoms with Gasteiger partial charge in [-0.2, -0.15) is 5.10 Å². The molecule has 1 heterocycles. The Hall–Kier alpha value is -1.77. The number of aryl methyl sites for hydroxylation is 2. The van der Waals surface area contributed by atoms with Crippen molar-refractivity contribution in [2.24, 2.45) is 13.0 Å². The molecule has 3 nitrogen and oxygen atoms in total. The van der Waals surface area contributed by atoms with Gasteiger partial charge < -0.3 is 5.11 Å². The third kappa shape index (κ3) is 2.40. The van der Waals surface area contributed by atoms with Crippen LogP contribution in [0, 0.1) is 12.8 Å². The Morgan fingerprint density at radius 3 is 2.39 bits per heavy atom. The topological polar surface area (TPSA) is 38.0 Å². The highest BCUT2D eigenvalue weighted by molar-refractivity contribution is 5.65. The molecule has 0 aliphatic heterocycles. The van der Waals surface area contributed by atoms with Crippen LogP contribution in [0.5, 0.6) is 5.88 Å². The zero-order valence-corrected chi connectivity index (χ0v) is 11.4. The summed E-state index contributed by atoms with van der Waals surface area (Å²) in [7, 11) is 1.77. The first-order valence-electron chi connectivity index (χ1n) is 6.31. The van der Waals surface area contributed by atoms with E-state index in [1.807, 2.05) is 0 Å². The molecule has 0 saturated heterocycles. The van der Waals surface area contributed by atoms with Crippen molar-refractivity contribution in [3.05, 3.63) is 35.4 Å². The molecule has 0 spiro atoms. The smallest absolute Gasteiger partial charge is 0.212 e. The van der Waals surface area contributed by atoms with E-state index in [1.165, 1.54) is 5.56 Å². The summed E-state index contributed by atoms with van der Waals surface area (Å²) in [5, 5.41) is 14.5. The van der Waals surface area contributed by atoms with Gasteiger partial charge in [-0.3, -0.25) is 0 Å². The molecular weight excluding hydrogens is 224 g/mol. The largest absolute Gasteiger partial charge is 0.493 e. The number of rotatable bonds is 3. The highest BCUT2D eigenvalue weighted by Crippen LogP contribution is 2.31. The van der Waals surface area contributed by atoms with E-state index in [2.05, 4.69) is 50.1 Å². The van der Waals surface area contributed by atoms with Crippen LogP contribution in [0.4, 0.5) is 0 Å². The predicted molar refractivity (Wildman–Crippen MR) is 73.6 cm³/mol. The van der Waals surface area contributed by atoms with E-state index in [-0.39, 0.29) is 5.88 Å². The minimum Gasteiger partial charge on any atom is -0.493 e. The molecule has 1 aromatic carbocycles. The second-order valence-corrected chi connectivity index (χ2v) is 5.24. The molecule has 3 heteroatoms. The van der Waals surface area contributed by atoms with E-state index < -0.39 is 0 Å². The molecule has 96 valence electrons. The summed E-state index contributed by atoms with van der Waals surface area (Å²) in [4.78, 5) is 0. The van der Waals surface area contributed by atoms with Gasteiger partial charge in [-0.25, -0.2) is 4.68 Å². The Labute approximate surface area is 108 Å². The standard InChI is InChI=1S/C15H20N2O/c1-10(2)9-13-14(16-17(4)15(13)18)12-7-5-11(3)6-8-12/h5-8,10,18H,9H2,1-4H3. The zero-order chi connectivity index (χ0) is 13.3. The molecule has 0 aliphatic carbocycles. The van der Waals surface area contributed by atoms with Crippen LogP contribution in [0.15, 0.2) is 24.3 Å². The summed E-state index contributed by atoms with van der Waals surface area (Å²) in [6, 6.07) is 8.25. The van der Waals surface area contributed by atoms with Crippen LogP contribution < -0.4 is 0 Å². The maximum atomic E-state index is 10.1. The van der Waals surface area contributed by atoms with E-state index >= 15 is 0 Å². The van der Waals surface area contributed by atoms with Gasteiger partial charge in [0.05, 0.1) is 5.69 Å². The van der Waals surface area contributed by atoms with Crippen molar-refractivity contribution in [2.45, 2.75) is 27.2 Å². The van der Waals surface area contributed by atoms with Crippen molar-refractivity contribution in [3.8, 4) is 17.1 Å². The molecule has 0 aliphatic rings. The Morgan fingerprint density at radius 2 is 1.83 bits per heavy atom. The summed E-state index contributed by atoms with van der Waals surface area (Å²) in [6.07, 6.45) is 0.836. The van der Waals surface area contributed by atoms with Gasteiger partial charge in [-0.05, 0) is 19.3 Å². The monoisotopic (exact) mass is 244 g/mol. The Morgan fingerprint density at radius 1 is 1.22 bits per heavy atom. The molecule has 2 rings (SSSR count). The van der Waals surface area contributed by atoms with Gasteiger partial charge in [0.1, 0.15) is 0 Å². The fourth-order valence-corrected chi connectivity index (χ4v) is 2.10. The number of aromatic nitrogens is 2. The van der Waals surface area contributed by atoms with E-state index in [9.17, 15) is 5.11 Å². The van der Waals surface area contributed by atoms with Crippen molar-refractivity contribution in [1.29, 1.82) is 0 Å². The van der Waals surface area contributed by atoms with Crippen LogP contribution in [0.2, 0.25) is 0 Å². The van der Waals surface area contributed by atoms with Crippen LogP contribution >= 0.6 is 0 Å². The third-order valence-electron chi connectivity index (χ3n) is 3.05. The zero-order valence-electron chi connectivity index (χ0n) is 11.4. The van der Waals surface area contributed by atoms with Gasteiger partial charge in [0, 0.05) is 18.2 Å². The number of benzene rings is 1. The van der Waals surface area contributed by atoms with E-state index in [0.717, 1.165) is 23.2 Å². The van der Waals surface area contributed by atoms with Crippen molar-refractivity contribution >= 4 is 0 Å². The van der Waals surface area contributed by atoms with E-state index in [1.54, 1.807) is 11.7 Å². The van der Waals surface area contributed by atoms with Gasteiger partial charge >= 0.3 is 0 Å². The SMILES string of the molecule is Cc1ccc(-c2nn(C)c(O)c2CC(C)C)cc1. The van der Waals surface area contributed by atoms with Crippen LogP contribution in [-0.4, -0.2) is 14.9 Å². The van der Waals surface area contributed by atoms with Gasteiger partial charge in [-0.1, -0.05) is 43.7 Å². The van der Waals surface area contributed by atoms with Gasteiger partial charge in [0.25, 0.3) is 0 Å². The molecule has 0 atom stereocenters. The first-order valence-corrected chi connectivity index (χ1v) is 6.31. The molecule has 0 bridgehead atoms. The molecule has 2 aromatic rings. The highest BCUT2D eigenvalue weighted by atomic mass is 16.3. The number of nitrogens with zero attached hydrogens (tertiary/aromatic N) is 2. The summed E-state index contributed by atoms with van der Waals surface area (Å²) in [6.45, 7) is 6.35. The van der Waals surface area contributed by atoms with Crippen molar-refractivity contribution in [2.75, 3.05) is 0 Å². The second-order valence-electron chi connectivity index (χ2n) is 5.24. The minimum absolute atomic E-state index is 0.277. The Kier molecular flexibility index (Phi) is 3.41. The fraction of sp³-hybridized carbons (Fsp3) is 0.400. The van der Waals surface area contributed by atoms with Crippen molar-refractivity contribution in [1.82, 2.24) is 9.78 Å². The first-order chi connectivity index (χ1) is 8.49. The van der Waals surface area contributed by atoms with Crippen LogP contribution in [0.25, 0.3) is 11.3 Å². The third-order valence-corrected chi connectivity index (χ3v) is 3.05. The lowest BCUT2D eigenvalue weighted by Crippen LogP contribution is -1.95. The lowest BCUT2D eigenvalue weighted by molar-refractivity contribution is 0.411.